The number of esters is 1. The molecule has 1 heterocycles. The average molecular weight is 229 g/mol. The van der Waals surface area contributed by atoms with Crippen LogP contribution in [-0.4, -0.2) is 37.9 Å². The van der Waals surface area contributed by atoms with E-state index in [9.17, 15) is 4.79 Å². The second-order valence-corrected chi connectivity index (χ2v) is 4.80. The van der Waals surface area contributed by atoms with Gasteiger partial charge in [-0.15, -0.1) is 0 Å². The highest BCUT2D eigenvalue weighted by atomic mass is 16.5. The van der Waals surface area contributed by atoms with Crippen LogP contribution in [0.5, 0.6) is 0 Å². The Balaban J connectivity index is 2.35. The molecule has 4 heteroatoms. The molecule has 0 radical (unpaired) electrons. The van der Waals surface area contributed by atoms with E-state index in [2.05, 4.69) is 12.2 Å². The first kappa shape index (κ1) is 13.5. The second kappa shape index (κ2) is 6.21. The fourth-order valence-electron chi connectivity index (χ4n) is 2.01. The Kier molecular flexibility index (Phi) is 5.22. The quantitative estimate of drug-likeness (QED) is 0.723. The maximum atomic E-state index is 11.5. The number of methoxy groups -OCH3 is 1. The summed E-state index contributed by atoms with van der Waals surface area (Å²) in [6.07, 6.45) is 2.76. The van der Waals surface area contributed by atoms with Crippen molar-refractivity contribution in [1.82, 2.24) is 5.32 Å². The first-order valence-electron chi connectivity index (χ1n) is 6.01. The third-order valence-electron chi connectivity index (χ3n) is 3.01. The standard InChI is InChI=1S/C12H23NO3/c1-8(2)11(12(14)15-4)13-7-10-6-5-9(3)16-10/h8-11,13H,5-7H2,1-4H3. The molecule has 3 unspecified atom stereocenters. The first-order chi connectivity index (χ1) is 7.54. The SMILES string of the molecule is COC(=O)C(NCC1CCC(C)O1)C(C)C. The summed E-state index contributed by atoms with van der Waals surface area (Å²) in [5.41, 5.74) is 0. The lowest BCUT2D eigenvalue weighted by molar-refractivity contribution is -0.144. The van der Waals surface area contributed by atoms with Crippen LogP contribution in [0.15, 0.2) is 0 Å². The highest BCUT2D eigenvalue weighted by Gasteiger charge is 2.26. The molecule has 94 valence electrons. The lowest BCUT2D eigenvalue weighted by Crippen LogP contribution is -2.44. The van der Waals surface area contributed by atoms with Crippen molar-refractivity contribution in [2.75, 3.05) is 13.7 Å². The minimum Gasteiger partial charge on any atom is -0.468 e. The maximum Gasteiger partial charge on any atom is 0.323 e. The summed E-state index contributed by atoms with van der Waals surface area (Å²) in [7, 11) is 1.42. The van der Waals surface area contributed by atoms with Gasteiger partial charge in [-0.3, -0.25) is 4.79 Å². The van der Waals surface area contributed by atoms with E-state index in [1.54, 1.807) is 0 Å². The van der Waals surface area contributed by atoms with Crippen molar-refractivity contribution in [3.63, 3.8) is 0 Å². The van der Waals surface area contributed by atoms with Gasteiger partial charge in [0.25, 0.3) is 0 Å². The van der Waals surface area contributed by atoms with Crippen molar-refractivity contribution < 1.29 is 14.3 Å². The van der Waals surface area contributed by atoms with E-state index in [1.807, 2.05) is 13.8 Å². The predicted octanol–water partition coefficient (Wildman–Crippen LogP) is 1.34. The van der Waals surface area contributed by atoms with E-state index in [-0.39, 0.29) is 24.0 Å². The van der Waals surface area contributed by atoms with E-state index in [0.717, 1.165) is 19.4 Å². The Morgan fingerprint density at radius 3 is 2.62 bits per heavy atom. The molecule has 3 atom stereocenters. The molecule has 1 saturated heterocycles. The van der Waals surface area contributed by atoms with Gasteiger partial charge in [0, 0.05) is 6.54 Å². The molecule has 0 bridgehead atoms. The largest absolute Gasteiger partial charge is 0.468 e. The van der Waals surface area contributed by atoms with Gasteiger partial charge in [0.15, 0.2) is 0 Å². The molecule has 0 aromatic rings. The zero-order valence-corrected chi connectivity index (χ0v) is 10.7. The van der Waals surface area contributed by atoms with Gasteiger partial charge in [-0.25, -0.2) is 0 Å². The minimum absolute atomic E-state index is 0.193. The van der Waals surface area contributed by atoms with Crippen molar-refractivity contribution >= 4 is 5.97 Å². The van der Waals surface area contributed by atoms with E-state index >= 15 is 0 Å². The smallest absolute Gasteiger partial charge is 0.323 e. The third-order valence-corrected chi connectivity index (χ3v) is 3.01. The van der Waals surface area contributed by atoms with Gasteiger partial charge in [0.1, 0.15) is 6.04 Å². The van der Waals surface area contributed by atoms with E-state index < -0.39 is 0 Å². The summed E-state index contributed by atoms with van der Waals surface area (Å²) in [6, 6.07) is -0.232. The average Bonchev–Trinajstić information content (AvgIpc) is 2.63. The molecule has 1 N–H and O–H groups in total. The number of carbonyl (C=O) groups is 1. The normalized spacial score (nSPS) is 27.1. The van der Waals surface area contributed by atoms with Gasteiger partial charge >= 0.3 is 5.97 Å². The summed E-state index contributed by atoms with van der Waals surface area (Å²) in [4.78, 5) is 11.5. The Labute approximate surface area is 97.7 Å². The number of hydrogen-bond donors (Lipinski definition) is 1. The summed E-state index contributed by atoms with van der Waals surface area (Å²) in [6.45, 7) is 6.82. The molecule has 16 heavy (non-hydrogen) atoms. The highest BCUT2D eigenvalue weighted by Crippen LogP contribution is 2.18. The predicted molar refractivity (Wildman–Crippen MR) is 62.2 cm³/mol. The first-order valence-corrected chi connectivity index (χ1v) is 6.01. The maximum absolute atomic E-state index is 11.5. The molecule has 0 amide bonds. The van der Waals surface area contributed by atoms with Gasteiger partial charge in [-0.1, -0.05) is 13.8 Å². The topological polar surface area (TPSA) is 47.6 Å². The molecule has 0 spiro atoms. The van der Waals surface area contributed by atoms with Crippen molar-refractivity contribution in [2.24, 2.45) is 5.92 Å². The summed E-state index contributed by atoms with van der Waals surface area (Å²) in [5, 5.41) is 3.23. The second-order valence-electron chi connectivity index (χ2n) is 4.80. The van der Waals surface area contributed by atoms with Crippen LogP contribution in [0.1, 0.15) is 33.6 Å². The summed E-state index contributed by atoms with van der Waals surface area (Å²) >= 11 is 0. The van der Waals surface area contributed by atoms with Crippen LogP contribution in [0, 0.1) is 5.92 Å². The summed E-state index contributed by atoms with van der Waals surface area (Å²) < 4.78 is 10.5. The number of carbonyl (C=O) groups excluding carboxylic acids is 1. The van der Waals surface area contributed by atoms with Crippen LogP contribution in [-0.2, 0) is 14.3 Å². The Morgan fingerprint density at radius 2 is 2.19 bits per heavy atom. The van der Waals surface area contributed by atoms with Gasteiger partial charge < -0.3 is 14.8 Å². The monoisotopic (exact) mass is 229 g/mol. The fraction of sp³-hybridized carbons (Fsp3) is 0.917. The van der Waals surface area contributed by atoms with Crippen LogP contribution in [0.3, 0.4) is 0 Å². The molecular weight excluding hydrogens is 206 g/mol. The van der Waals surface area contributed by atoms with Crippen LogP contribution >= 0.6 is 0 Å². The minimum atomic E-state index is -0.232. The molecular formula is C12H23NO3. The zero-order chi connectivity index (χ0) is 12.1. The van der Waals surface area contributed by atoms with E-state index in [4.69, 9.17) is 9.47 Å². The number of nitrogens with one attached hydrogen (secondary N) is 1. The Bertz CT molecular complexity index is 230. The van der Waals surface area contributed by atoms with Crippen molar-refractivity contribution in [1.29, 1.82) is 0 Å². The van der Waals surface area contributed by atoms with Crippen LogP contribution < -0.4 is 5.32 Å². The zero-order valence-electron chi connectivity index (χ0n) is 10.7. The highest BCUT2D eigenvalue weighted by molar-refractivity contribution is 5.75. The van der Waals surface area contributed by atoms with Gasteiger partial charge in [0.05, 0.1) is 19.3 Å². The Morgan fingerprint density at radius 1 is 1.50 bits per heavy atom. The van der Waals surface area contributed by atoms with Crippen LogP contribution in [0.2, 0.25) is 0 Å². The number of ether oxygens (including phenoxy) is 2. The molecule has 1 fully saturated rings. The number of hydrogen-bond acceptors (Lipinski definition) is 4. The molecule has 1 aliphatic rings. The lowest BCUT2D eigenvalue weighted by atomic mass is 10.0. The molecule has 1 aliphatic heterocycles. The Hall–Kier alpha value is -0.610. The van der Waals surface area contributed by atoms with Gasteiger partial charge in [-0.05, 0) is 25.7 Å². The lowest BCUT2D eigenvalue weighted by Gasteiger charge is -2.21. The number of rotatable bonds is 5. The fourth-order valence-corrected chi connectivity index (χ4v) is 2.01. The van der Waals surface area contributed by atoms with Crippen molar-refractivity contribution in [3.05, 3.63) is 0 Å². The molecule has 0 aliphatic carbocycles. The van der Waals surface area contributed by atoms with E-state index in [1.165, 1.54) is 7.11 Å². The van der Waals surface area contributed by atoms with Crippen LogP contribution in [0.25, 0.3) is 0 Å². The van der Waals surface area contributed by atoms with Gasteiger partial charge in [-0.2, -0.15) is 0 Å². The molecule has 4 nitrogen and oxygen atoms in total. The van der Waals surface area contributed by atoms with E-state index in [0.29, 0.717) is 6.10 Å². The van der Waals surface area contributed by atoms with Crippen molar-refractivity contribution in [3.8, 4) is 0 Å². The van der Waals surface area contributed by atoms with Crippen LogP contribution in [0.4, 0.5) is 0 Å². The molecule has 0 aromatic carbocycles. The summed E-state index contributed by atoms with van der Waals surface area (Å²) in [5.74, 6) is 0.0346. The molecule has 0 saturated carbocycles. The van der Waals surface area contributed by atoms with Crippen molar-refractivity contribution in [2.45, 2.75) is 51.9 Å². The third kappa shape index (κ3) is 3.76. The molecule has 1 rings (SSSR count). The molecule has 0 aromatic heterocycles. The van der Waals surface area contributed by atoms with Gasteiger partial charge in [0.2, 0.25) is 0 Å².